The highest BCUT2D eigenvalue weighted by Crippen LogP contribution is 2.37. The minimum atomic E-state index is -0.741. The summed E-state index contributed by atoms with van der Waals surface area (Å²) in [5.41, 5.74) is 1.13. The molecule has 4 nitrogen and oxygen atoms in total. The minimum absolute atomic E-state index is 0.0179. The van der Waals surface area contributed by atoms with Crippen molar-refractivity contribution in [3.05, 3.63) is 29.1 Å². The van der Waals surface area contributed by atoms with Crippen molar-refractivity contribution in [2.75, 3.05) is 6.61 Å². The van der Waals surface area contributed by atoms with E-state index in [-0.39, 0.29) is 23.6 Å². The Labute approximate surface area is 124 Å². The van der Waals surface area contributed by atoms with Crippen molar-refractivity contribution >= 4 is 5.91 Å². The zero-order chi connectivity index (χ0) is 15.6. The third-order valence-electron chi connectivity index (χ3n) is 3.75. The van der Waals surface area contributed by atoms with Crippen LogP contribution < -0.4 is 10.1 Å². The molecule has 1 amide bonds. The molecule has 1 heterocycles. The minimum Gasteiger partial charge on any atom is -0.490 e. The molecular weight excluding hydrogens is 273 g/mol. The number of benzene rings is 1. The smallest absolute Gasteiger partial charge is 0.220 e. The first-order valence-corrected chi connectivity index (χ1v) is 7.37. The van der Waals surface area contributed by atoms with Gasteiger partial charge in [-0.3, -0.25) is 4.79 Å². The number of rotatable bonds is 4. The SMILES string of the molecule is CCC(=O)NC1CCOc2c(F)cc(C(O)C(C)C)cc21. The van der Waals surface area contributed by atoms with Crippen LogP contribution in [0.5, 0.6) is 5.75 Å². The molecule has 0 aliphatic carbocycles. The fourth-order valence-electron chi connectivity index (χ4n) is 2.48. The number of amides is 1. The second kappa shape index (κ2) is 6.43. The second-order valence-electron chi connectivity index (χ2n) is 5.72. The van der Waals surface area contributed by atoms with E-state index >= 15 is 0 Å². The van der Waals surface area contributed by atoms with E-state index in [1.165, 1.54) is 6.07 Å². The van der Waals surface area contributed by atoms with Crippen LogP contribution in [0.25, 0.3) is 0 Å². The van der Waals surface area contributed by atoms with Gasteiger partial charge in [-0.15, -0.1) is 0 Å². The standard InChI is InChI=1S/C16H22FNO3/c1-4-14(19)18-13-5-6-21-16-11(13)7-10(8-12(16)17)15(20)9(2)3/h7-9,13,15,20H,4-6H2,1-3H3,(H,18,19). The van der Waals surface area contributed by atoms with E-state index in [1.807, 2.05) is 13.8 Å². The fourth-order valence-corrected chi connectivity index (χ4v) is 2.48. The van der Waals surface area contributed by atoms with Crippen LogP contribution in [-0.4, -0.2) is 17.6 Å². The lowest BCUT2D eigenvalue weighted by Gasteiger charge is -2.28. The summed E-state index contributed by atoms with van der Waals surface area (Å²) in [6.07, 6.45) is 0.234. The molecule has 116 valence electrons. The maximum atomic E-state index is 14.2. The number of hydrogen-bond donors (Lipinski definition) is 2. The van der Waals surface area contributed by atoms with Gasteiger partial charge < -0.3 is 15.2 Å². The molecule has 0 fully saturated rings. The van der Waals surface area contributed by atoms with Crippen molar-refractivity contribution < 1.29 is 19.0 Å². The summed E-state index contributed by atoms with van der Waals surface area (Å²) in [5.74, 6) is -0.404. The number of hydrogen-bond acceptors (Lipinski definition) is 3. The first-order valence-electron chi connectivity index (χ1n) is 7.37. The third-order valence-corrected chi connectivity index (χ3v) is 3.75. The topological polar surface area (TPSA) is 58.6 Å². The van der Waals surface area contributed by atoms with Crippen molar-refractivity contribution in [2.24, 2.45) is 5.92 Å². The average molecular weight is 295 g/mol. The molecule has 2 N–H and O–H groups in total. The van der Waals surface area contributed by atoms with Crippen LogP contribution in [-0.2, 0) is 4.79 Å². The van der Waals surface area contributed by atoms with Gasteiger partial charge in [-0.05, 0) is 23.6 Å². The zero-order valence-corrected chi connectivity index (χ0v) is 12.6. The van der Waals surface area contributed by atoms with Crippen LogP contribution in [0.2, 0.25) is 0 Å². The Morgan fingerprint density at radius 1 is 1.52 bits per heavy atom. The predicted molar refractivity (Wildman–Crippen MR) is 77.5 cm³/mol. The summed E-state index contributed by atoms with van der Waals surface area (Å²) < 4.78 is 19.6. The molecule has 5 heteroatoms. The molecule has 2 unspecified atom stereocenters. The summed E-state index contributed by atoms with van der Waals surface area (Å²) >= 11 is 0. The van der Waals surface area contributed by atoms with Gasteiger partial charge in [0.25, 0.3) is 0 Å². The molecule has 0 aromatic heterocycles. The molecule has 0 bridgehead atoms. The number of ether oxygens (including phenoxy) is 1. The molecule has 2 rings (SSSR count). The fraction of sp³-hybridized carbons (Fsp3) is 0.562. The third kappa shape index (κ3) is 3.35. The quantitative estimate of drug-likeness (QED) is 0.898. The lowest BCUT2D eigenvalue weighted by molar-refractivity contribution is -0.121. The Kier molecular flexibility index (Phi) is 4.83. The molecule has 1 aromatic carbocycles. The number of fused-ring (bicyclic) bond motifs is 1. The molecule has 0 saturated carbocycles. The monoisotopic (exact) mass is 295 g/mol. The first-order chi connectivity index (χ1) is 9.93. The molecule has 21 heavy (non-hydrogen) atoms. The molecule has 0 spiro atoms. The Balaban J connectivity index is 2.38. The Hall–Kier alpha value is -1.62. The molecule has 1 aliphatic heterocycles. The molecular formula is C16H22FNO3. The van der Waals surface area contributed by atoms with E-state index in [1.54, 1.807) is 13.0 Å². The number of carbonyl (C=O) groups excluding carboxylic acids is 1. The van der Waals surface area contributed by atoms with Crippen LogP contribution in [0, 0.1) is 11.7 Å². The zero-order valence-electron chi connectivity index (χ0n) is 12.6. The van der Waals surface area contributed by atoms with Crippen molar-refractivity contribution in [1.29, 1.82) is 0 Å². The normalized spacial score (nSPS) is 18.9. The molecule has 0 radical (unpaired) electrons. The van der Waals surface area contributed by atoms with Crippen LogP contribution in [0.15, 0.2) is 12.1 Å². The summed E-state index contributed by atoms with van der Waals surface area (Å²) in [5, 5.41) is 13.0. The van der Waals surface area contributed by atoms with Gasteiger partial charge in [-0.2, -0.15) is 0 Å². The highest BCUT2D eigenvalue weighted by atomic mass is 19.1. The van der Waals surface area contributed by atoms with Crippen molar-refractivity contribution in [1.82, 2.24) is 5.32 Å². The van der Waals surface area contributed by atoms with Crippen molar-refractivity contribution in [3.63, 3.8) is 0 Å². The number of carbonyl (C=O) groups is 1. The lowest BCUT2D eigenvalue weighted by Crippen LogP contribution is -2.32. The van der Waals surface area contributed by atoms with Crippen LogP contribution >= 0.6 is 0 Å². The maximum Gasteiger partial charge on any atom is 0.220 e. The number of nitrogens with one attached hydrogen (secondary N) is 1. The average Bonchev–Trinajstić information content (AvgIpc) is 2.46. The number of aliphatic hydroxyl groups is 1. The summed E-state index contributed by atoms with van der Waals surface area (Å²) in [4.78, 5) is 11.6. The van der Waals surface area contributed by atoms with Gasteiger partial charge in [0, 0.05) is 18.4 Å². The van der Waals surface area contributed by atoms with E-state index < -0.39 is 11.9 Å². The van der Waals surface area contributed by atoms with Gasteiger partial charge in [-0.25, -0.2) is 4.39 Å². The Morgan fingerprint density at radius 2 is 2.24 bits per heavy atom. The maximum absolute atomic E-state index is 14.2. The molecule has 1 aliphatic rings. The van der Waals surface area contributed by atoms with Crippen LogP contribution in [0.1, 0.15) is 56.9 Å². The van der Waals surface area contributed by atoms with E-state index in [0.717, 1.165) is 0 Å². The van der Waals surface area contributed by atoms with Gasteiger partial charge in [0.15, 0.2) is 11.6 Å². The summed E-state index contributed by atoms with van der Waals surface area (Å²) in [6, 6.07) is 2.78. The molecule has 0 saturated heterocycles. The predicted octanol–water partition coefficient (Wildman–Crippen LogP) is 2.86. The summed E-state index contributed by atoms with van der Waals surface area (Å²) in [7, 11) is 0. The second-order valence-corrected chi connectivity index (χ2v) is 5.72. The van der Waals surface area contributed by atoms with Gasteiger partial charge in [-0.1, -0.05) is 20.8 Å². The molecule has 1 aromatic rings. The van der Waals surface area contributed by atoms with E-state index in [0.29, 0.717) is 30.6 Å². The van der Waals surface area contributed by atoms with Crippen LogP contribution in [0.3, 0.4) is 0 Å². The first kappa shape index (κ1) is 15.8. The summed E-state index contributed by atoms with van der Waals surface area (Å²) in [6.45, 7) is 5.88. The van der Waals surface area contributed by atoms with E-state index in [4.69, 9.17) is 4.74 Å². The number of aliphatic hydroxyl groups excluding tert-OH is 1. The van der Waals surface area contributed by atoms with Crippen molar-refractivity contribution in [2.45, 2.75) is 45.8 Å². The molecule has 2 atom stereocenters. The highest BCUT2D eigenvalue weighted by Gasteiger charge is 2.27. The lowest BCUT2D eigenvalue weighted by atomic mass is 9.92. The van der Waals surface area contributed by atoms with Gasteiger partial charge >= 0.3 is 0 Å². The van der Waals surface area contributed by atoms with E-state index in [2.05, 4.69) is 5.32 Å². The van der Waals surface area contributed by atoms with Gasteiger partial charge in [0.2, 0.25) is 5.91 Å². The van der Waals surface area contributed by atoms with Crippen molar-refractivity contribution in [3.8, 4) is 5.75 Å². The Morgan fingerprint density at radius 3 is 2.86 bits per heavy atom. The largest absolute Gasteiger partial charge is 0.490 e. The van der Waals surface area contributed by atoms with Gasteiger partial charge in [0.1, 0.15) is 0 Å². The number of halogens is 1. The highest BCUT2D eigenvalue weighted by molar-refractivity contribution is 5.76. The van der Waals surface area contributed by atoms with E-state index in [9.17, 15) is 14.3 Å². The van der Waals surface area contributed by atoms with Gasteiger partial charge in [0.05, 0.1) is 18.8 Å². The Bertz CT molecular complexity index is 530. The van der Waals surface area contributed by atoms with Crippen LogP contribution in [0.4, 0.5) is 4.39 Å².